The van der Waals surface area contributed by atoms with Gasteiger partial charge in [-0.2, -0.15) is 0 Å². The quantitative estimate of drug-likeness (QED) is 0.874. The highest BCUT2D eigenvalue weighted by Gasteiger charge is 2.20. The number of nitrogens with zero attached hydrogens (tertiary/aromatic N) is 2. The van der Waals surface area contributed by atoms with Gasteiger partial charge in [-0.15, -0.1) is 10.2 Å². The van der Waals surface area contributed by atoms with Gasteiger partial charge in [0.05, 0.1) is 5.57 Å². The van der Waals surface area contributed by atoms with E-state index in [1.807, 2.05) is 6.07 Å². The van der Waals surface area contributed by atoms with Crippen molar-refractivity contribution in [2.24, 2.45) is 0 Å². The molecule has 1 aromatic carbocycles. The van der Waals surface area contributed by atoms with Crippen LogP contribution in [0.15, 0.2) is 48.6 Å². The lowest BCUT2D eigenvalue weighted by Crippen LogP contribution is -2.11. The molecule has 1 N–H and O–H groups in total. The number of rotatable bonds is 3. The number of hydrogen-bond acceptors (Lipinski definition) is 6. The van der Waals surface area contributed by atoms with E-state index in [0.29, 0.717) is 10.6 Å². The highest BCUT2D eigenvalue weighted by atomic mass is 32.1. The second-order valence-corrected chi connectivity index (χ2v) is 5.37. The fourth-order valence-corrected chi connectivity index (χ4v) is 2.58. The van der Waals surface area contributed by atoms with Gasteiger partial charge in [0.25, 0.3) is 5.91 Å². The lowest BCUT2D eigenvalue weighted by atomic mass is 10.0. The van der Waals surface area contributed by atoms with Gasteiger partial charge in [0.2, 0.25) is 5.13 Å². The average molecular weight is 311 g/mol. The fourth-order valence-electron chi connectivity index (χ4n) is 1.82. The summed E-state index contributed by atoms with van der Waals surface area (Å²) in [6.45, 7) is 0. The van der Waals surface area contributed by atoms with Gasteiger partial charge in [-0.3, -0.25) is 19.7 Å². The Balaban J connectivity index is 1.79. The summed E-state index contributed by atoms with van der Waals surface area (Å²) in [6.07, 6.45) is 3.61. The number of hydrogen-bond donors (Lipinski definition) is 1. The number of ketones is 2. The maximum Gasteiger partial charge on any atom is 0.257 e. The highest BCUT2D eigenvalue weighted by Crippen LogP contribution is 2.25. The maximum absolute atomic E-state index is 12.0. The highest BCUT2D eigenvalue weighted by molar-refractivity contribution is 7.16. The van der Waals surface area contributed by atoms with E-state index < -0.39 is 0 Å². The number of amides is 1. The number of carbonyl (C=O) groups is 3. The molecule has 0 aliphatic heterocycles. The Morgan fingerprint density at radius 2 is 1.82 bits per heavy atom. The molecule has 0 bridgehead atoms. The predicted octanol–water partition coefficient (Wildman–Crippen LogP) is 1.88. The molecule has 1 aromatic heterocycles. The molecule has 0 saturated heterocycles. The number of allylic oxidation sites excluding steroid dienone is 4. The van der Waals surface area contributed by atoms with Crippen LogP contribution in [0.5, 0.6) is 0 Å². The van der Waals surface area contributed by atoms with Crippen LogP contribution in [0, 0.1) is 0 Å². The summed E-state index contributed by atoms with van der Waals surface area (Å²) < 4.78 is 0. The Morgan fingerprint density at radius 1 is 1.05 bits per heavy atom. The van der Waals surface area contributed by atoms with Crippen molar-refractivity contribution < 1.29 is 14.4 Å². The van der Waals surface area contributed by atoms with Crippen molar-refractivity contribution >= 4 is 39.5 Å². The van der Waals surface area contributed by atoms with Crippen LogP contribution < -0.4 is 5.32 Å². The summed E-state index contributed by atoms with van der Waals surface area (Å²) in [5.74, 6) is -0.903. The molecule has 2 aromatic rings. The SMILES string of the molecule is O=C1C=CC(=O)C(c2nnc(NC(=O)c3ccccc3)s2)=C1. The average Bonchev–Trinajstić information content (AvgIpc) is 2.99. The molecular formula is C15H9N3O3S. The number of benzene rings is 1. The molecule has 1 aliphatic carbocycles. The van der Waals surface area contributed by atoms with Crippen molar-refractivity contribution in [1.29, 1.82) is 0 Å². The van der Waals surface area contributed by atoms with Crippen LogP contribution >= 0.6 is 11.3 Å². The monoisotopic (exact) mass is 311 g/mol. The molecule has 0 radical (unpaired) electrons. The Morgan fingerprint density at radius 3 is 2.59 bits per heavy atom. The van der Waals surface area contributed by atoms with Crippen LogP contribution in [0.25, 0.3) is 5.57 Å². The van der Waals surface area contributed by atoms with E-state index in [1.165, 1.54) is 18.2 Å². The third-order valence-corrected chi connectivity index (χ3v) is 3.73. The molecule has 1 heterocycles. The lowest BCUT2D eigenvalue weighted by molar-refractivity contribution is -0.113. The van der Waals surface area contributed by atoms with Crippen molar-refractivity contribution in [3.05, 3.63) is 59.1 Å². The van der Waals surface area contributed by atoms with E-state index in [4.69, 9.17) is 0 Å². The first-order valence-corrected chi connectivity index (χ1v) is 7.13. The zero-order valence-electron chi connectivity index (χ0n) is 11.1. The standard InChI is InChI=1S/C15H9N3O3S/c19-10-6-7-12(20)11(8-10)14-17-18-15(22-14)16-13(21)9-4-2-1-3-5-9/h1-8H,(H,16,18,21). The molecule has 0 unspecified atom stereocenters. The molecule has 0 fully saturated rings. The molecule has 108 valence electrons. The van der Waals surface area contributed by atoms with Crippen LogP contribution in [0.2, 0.25) is 0 Å². The molecule has 3 rings (SSSR count). The van der Waals surface area contributed by atoms with Crippen molar-refractivity contribution in [2.75, 3.05) is 5.32 Å². The minimum absolute atomic E-state index is 0.185. The van der Waals surface area contributed by atoms with Crippen molar-refractivity contribution in [2.45, 2.75) is 0 Å². The topological polar surface area (TPSA) is 89.0 Å². The van der Waals surface area contributed by atoms with E-state index in [9.17, 15) is 14.4 Å². The summed E-state index contributed by atoms with van der Waals surface area (Å²) in [6, 6.07) is 8.67. The molecule has 6 nitrogen and oxygen atoms in total. The molecule has 22 heavy (non-hydrogen) atoms. The molecule has 1 aliphatic rings. The lowest BCUT2D eigenvalue weighted by Gasteiger charge is -2.01. The van der Waals surface area contributed by atoms with E-state index in [2.05, 4.69) is 15.5 Å². The third kappa shape index (κ3) is 2.89. The second kappa shape index (κ2) is 5.82. The van der Waals surface area contributed by atoms with Gasteiger partial charge in [-0.05, 0) is 30.4 Å². The molecular weight excluding hydrogens is 302 g/mol. The zero-order chi connectivity index (χ0) is 15.5. The van der Waals surface area contributed by atoms with Gasteiger partial charge in [0, 0.05) is 5.56 Å². The van der Waals surface area contributed by atoms with Crippen molar-refractivity contribution in [3.63, 3.8) is 0 Å². The second-order valence-electron chi connectivity index (χ2n) is 4.39. The first kappa shape index (κ1) is 14.0. The largest absolute Gasteiger partial charge is 0.296 e. The minimum atomic E-state index is -0.316. The van der Waals surface area contributed by atoms with E-state index in [1.54, 1.807) is 24.3 Å². The summed E-state index contributed by atoms with van der Waals surface area (Å²) in [7, 11) is 0. The van der Waals surface area contributed by atoms with Crippen molar-refractivity contribution in [1.82, 2.24) is 10.2 Å². The maximum atomic E-state index is 12.0. The summed E-state index contributed by atoms with van der Waals surface area (Å²) in [5, 5.41) is 10.8. The van der Waals surface area contributed by atoms with Gasteiger partial charge < -0.3 is 0 Å². The van der Waals surface area contributed by atoms with Gasteiger partial charge in [-0.1, -0.05) is 29.5 Å². The number of anilines is 1. The Bertz CT molecular complexity index is 822. The molecule has 1 amide bonds. The molecule has 0 spiro atoms. The summed E-state index contributed by atoms with van der Waals surface area (Å²) in [4.78, 5) is 35.1. The molecule has 0 saturated carbocycles. The number of nitrogens with one attached hydrogen (secondary N) is 1. The molecule has 0 atom stereocenters. The van der Waals surface area contributed by atoms with Gasteiger partial charge in [0.1, 0.15) is 0 Å². The predicted molar refractivity (Wildman–Crippen MR) is 81.4 cm³/mol. The number of aromatic nitrogens is 2. The van der Waals surface area contributed by atoms with Crippen LogP contribution in [0.3, 0.4) is 0 Å². The van der Waals surface area contributed by atoms with Gasteiger partial charge in [-0.25, -0.2) is 0 Å². The Labute approximate surface area is 129 Å². The third-order valence-electron chi connectivity index (χ3n) is 2.86. The molecule has 7 heteroatoms. The van der Waals surface area contributed by atoms with Crippen LogP contribution in [0.4, 0.5) is 5.13 Å². The Kier molecular flexibility index (Phi) is 3.71. The first-order chi connectivity index (χ1) is 10.6. The summed E-state index contributed by atoms with van der Waals surface area (Å²) >= 11 is 1.04. The van der Waals surface area contributed by atoms with Crippen molar-refractivity contribution in [3.8, 4) is 0 Å². The Hall–Kier alpha value is -2.93. The van der Waals surface area contributed by atoms with Gasteiger partial charge in [0.15, 0.2) is 16.6 Å². The summed E-state index contributed by atoms with van der Waals surface area (Å²) in [5.41, 5.74) is 0.676. The van der Waals surface area contributed by atoms with Crippen LogP contribution in [-0.4, -0.2) is 27.7 Å². The van der Waals surface area contributed by atoms with Crippen LogP contribution in [0.1, 0.15) is 15.4 Å². The first-order valence-electron chi connectivity index (χ1n) is 6.32. The number of carbonyl (C=O) groups excluding carboxylic acids is 3. The fraction of sp³-hybridized carbons (Fsp3) is 0. The van der Waals surface area contributed by atoms with E-state index in [0.717, 1.165) is 11.3 Å². The minimum Gasteiger partial charge on any atom is -0.296 e. The van der Waals surface area contributed by atoms with Crippen LogP contribution in [-0.2, 0) is 9.59 Å². The van der Waals surface area contributed by atoms with Gasteiger partial charge >= 0.3 is 0 Å². The smallest absolute Gasteiger partial charge is 0.257 e. The normalized spacial score (nSPS) is 13.9. The zero-order valence-corrected chi connectivity index (χ0v) is 12.0. The van der Waals surface area contributed by atoms with E-state index >= 15 is 0 Å². The van der Waals surface area contributed by atoms with E-state index in [-0.39, 0.29) is 28.2 Å².